The molecule has 120 valence electrons. The predicted molar refractivity (Wildman–Crippen MR) is 78.6 cm³/mol. The molecule has 4 heteroatoms. The number of esters is 1. The average Bonchev–Trinajstić information content (AvgIpc) is 2.86. The van der Waals surface area contributed by atoms with Gasteiger partial charge in [-0.1, -0.05) is 27.7 Å². The number of carbonyl (C=O) groups is 1. The highest BCUT2D eigenvalue weighted by atomic mass is 16.8. The second-order valence-electron chi connectivity index (χ2n) is 7.82. The Labute approximate surface area is 127 Å². The zero-order valence-electron chi connectivity index (χ0n) is 14.1. The Balaban J connectivity index is 2.03. The van der Waals surface area contributed by atoms with E-state index in [1.165, 1.54) is 0 Å². The minimum absolute atomic E-state index is 0.0339. The largest absolute Gasteiger partial charge is 0.456 e. The van der Waals surface area contributed by atoms with Gasteiger partial charge in [0, 0.05) is 17.8 Å². The molecule has 0 aromatic heterocycles. The SMILES string of the molecule is CCC(=O)O[C@@H]1C2(O[C@@H](C)[C@@H](C)O2)[C@H]2CC[C@]1(C)C2(C)C. The van der Waals surface area contributed by atoms with Crippen molar-refractivity contribution in [2.24, 2.45) is 16.7 Å². The summed E-state index contributed by atoms with van der Waals surface area (Å²) in [5.74, 6) is -0.638. The Morgan fingerprint density at radius 3 is 2.29 bits per heavy atom. The monoisotopic (exact) mass is 296 g/mol. The van der Waals surface area contributed by atoms with E-state index in [9.17, 15) is 4.79 Å². The van der Waals surface area contributed by atoms with Gasteiger partial charge in [0.25, 0.3) is 0 Å². The molecule has 0 radical (unpaired) electrons. The molecule has 2 bridgehead atoms. The van der Waals surface area contributed by atoms with E-state index in [2.05, 4.69) is 20.8 Å². The molecule has 2 aliphatic carbocycles. The molecule has 1 spiro atoms. The highest BCUT2D eigenvalue weighted by Gasteiger charge is 2.78. The summed E-state index contributed by atoms with van der Waals surface area (Å²) < 4.78 is 18.5. The number of fused-ring (bicyclic) bond motifs is 3. The summed E-state index contributed by atoms with van der Waals surface area (Å²) >= 11 is 0. The van der Waals surface area contributed by atoms with E-state index in [-0.39, 0.29) is 41.0 Å². The number of hydrogen-bond acceptors (Lipinski definition) is 4. The Kier molecular flexibility index (Phi) is 3.24. The van der Waals surface area contributed by atoms with Gasteiger partial charge in [-0.25, -0.2) is 0 Å². The first-order chi connectivity index (χ1) is 9.69. The number of carbonyl (C=O) groups excluding carboxylic acids is 1. The number of rotatable bonds is 2. The molecule has 0 amide bonds. The van der Waals surface area contributed by atoms with Gasteiger partial charge in [0.05, 0.1) is 12.2 Å². The van der Waals surface area contributed by atoms with Crippen LogP contribution in [-0.2, 0) is 19.0 Å². The first-order valence-electron chi connectivity index (χ1n) is 8.24. The van der Waals surface area contributed by atoms with E-state index in [1.54, 1.807) is 0 Å². The van der Waals surface area contributed by atoms with Crippen molar-refractivity contribution in [3.8, 4) is 0 Å². The maximum atomic E-state index is 12.0. The predicted octanol–water partition coefficient (Wildman–Crippen LogP) is 3.28. The summed E-state index contributed by atoms with van der Waals surface area (Å²) in [6, 6.07) is 0. The third-order valence-electron chi connectivity index (χ3n) is 6.66. The molecule has 0 aromatic carbocycles. The van der Waals surface area contributed by atoms with Gasteiger partial charge in [-0.05, 0) is 32.1 Å². The lowest BCUT2D eigenvalue weighted by Crippen LogP contribution is -2.53. The summed E-state index contributed by atoms with van der Waals surface area (Å²) in [6.07, 6.45) is 2.28. The Morgan fingerprint density at radius 1 is 1.19 bits per heavy atom. The van der Waals surface area contributed by atoms with Crippen LogP contribution in [0.2, 0.25) is 0 Å². The van der Waals surface area contributed by atoms with E-state index in [0.29, 0.717) is 6.42 Å². The molecule has 0 aromatic rings. The lowest BCUT2D eigenvalue weighted by atomic mass is 9.70. The van der Waals surface area contributed by atoms with Crippen LogP contribution in [0.5, 0.6) is 0 Å². The first kappa shape index (κ1) is 15.3. The van der Waals surface area contributed by atoms with Crippen molar-refractivity contribution < 1.29 is 19.0 Å². The molecule has 3 aliphatic rings. The molecule has 1 unspecified atom stereocenters. The molecule has 3 fully saturated rings. The Morgan fingerprint density at radius 2 is 1.76 bits per heavy atom. The normalized spacial score (nSPS) is 50.8. The van der Waals surface area contributed by atoms with E-state index in [4.69, 9.17) is 14.2 Å². The molecule has 1 heterocycles. The summed E-state index contributed by atoms with van der Waals surface area (Å²) in [4.78, 5) is 12.0. The lowest BCUT2D eigenvalue weighted by molar-refractivity contribution is -0.270. The van der Waals surface area contributed by atoms with Crippen LogP contribution in [-0.4, -0.2) is 30.1 Å². The molecule has 1 aliphatic heterocycles. The smallest absolute Gasteiger partial charge is 0.305 e. The highest BCUT2D eigenvalue weighted by Crippen LogP contribution is 2.72. The van der Waals surface area contributed by atoms with Gasteiger partial charge in [0.2, 0.25) is 5.79 Å². The average molecular weight is 296 g/mol. The second-order valence-corrected chi connectivity index (χ2v) is 7.82. The summed E-state index contributed by atoms with van der Waals surface area (Å²) in [5, 5.41) is 0. The van der Waals surface area contributed by atoms with Crippen molar-refractivity contribution >= 4 is 5.97 Å². The van der Waals surface area contributed by atoms with Crippen LogP contribution in [0.25, 0.3) is 0 Å². The van der Waals surface area contributed by atoms with Crippen LogP contribution < -0.4 is 0 Å². The zero-order chi connectivity index (χ0) is 15.6. The standard InChI is InChI=1S/C17H28O4/c1-7-13(18)19-14-16(6)9-8-12(15(16,4)5)17(14)20-10(2)11(3)21-17/h10-12,14H,7-9H2,1-6H3/t10-,11+,12-,14-,16-,17?/m0/s1. The van der Waals surface area contributed by atoms with Crippen molar-refractivity contribution in [1.82, 2.24) is 0 Å². The van der Waals surface area contributed by atoms with Crippen molar-refractivity contribution in [2.45, 2.75) is 84.9 Å². The minimum atomic E-state index is -0.750. The molecule has 3 rings (SSSR count). The van der Waals surface area contributed by atoms with Crippen LogP contribution in [0.3, 0.4) is 0 Å². The lowest BCUT2D eigenvalue weighted by Gasteiger charge is -2.42. The van der Waals surface area contributed by atoms with Gasteiger partial charge in [-0.3, -0.25) is 4.79 Å². The second kappa shape index (κ2) is 4.45. The molecule has 6 atom stereocenters. The molecular weight excluding hydrogens is 268 g/mol. The minimum Gasteiger partial charge on any atom is -0.456 e. The van der Waals surface area contributed by atoms with Crippen molar-refractivity contribution in [3.05, 3.63) is 0 Å². The third-order valence-corrected chi connectivity index (χ3v) is 6.66. The van der Waals surface area contributed by atoms with Crippen LogP contribution in [0.4, 0.5) is 0 Å². The van der Waals surface area contributed by atoms with E-state index >= 15 is 0 Å². The van der Waals surface area contributed by atoms with E-state index < -0.39 is 5.79 Å². The van der Waals surface area contributed by atoms with E-state index in [1.807, 2.05) is 20.8 Å². The summed E-state index contributed by atoms with van der Waals surface area (Å²) in [5.41, 5.74) is -0.0538. The molecule has 4 nitrogen and oxygen atoms in total. The number of hydrogen-bond donors (Lipinski definition) is 0. The van der Waals surface area contributed by atoms with Gasteiger partial charge in [0.1, 0.15) is 0 Å². The van der Waals surface area contributed by atoms with Gasteiger partial charge >= 0.3 is 5.97 Å². The van der Waals surface area contributed by atoms with Crippen LogP contribution in [0.15, 0.2) is 0 Å². The maximum absolute atomic E-state index is 12.0. The first-order valence-corrected chi connectivity index (χ1v) is 8.24. The van der Waals surface area contributed by atoms with Crippen LogP contribution in [0.1, 0.15) is 60.8 Å². The van der Waals surface area contributed by atoms with Crippen molar-refractivity contribution in [1.29, 1.82) is 0 Å². The summed E-state index contributed by atoms with van der Waals surface area (Å²) in [6.45, 7) is 12.7. The molecule has 0 N–H and O–H groups in total. The molecular formula is C17H28O4. The van der Waals surface area contributed by atoms with Gasteiger partial charge < -0.3 is 14.2 Å². The van der Waals surface area contributed by atoms with Crippen LogP contribution in [0, 0.1) is 16.7 Å². The fourth-order valence-electron chi connectivity index (χ4n) is 4.84. The summed E-state index contributed by atoms with van der Waals surface area (Å²) in [7, 11) is 0. The van der Waals surface area contributed by atoms with Gasteiger partial charge in [-0.2, -0.15) is 0 Å². The quantitative estimate of drug-likeness (QED) is 0.734. The van der Waals surface area contributed by atoms with Gasteiger partial charge in [0.15, 0.2) is 6.10 Å². The molecule has 2 saturated carbocycles. The van der Waals surface area contributed by atoms with E-state index in [0.717, 1.165) is 12.8 Å². The highest BCUT2D eigenvalue weighted by molar-refractivity contribution is 5.69. The third kappa shape index (κ3) is 1.72. The van der Waals surface area contributed by atoms with Crippen LogP contribution >= 0.6 is 0 Å². The maximum Gasteiger partial charge on any atom is 0.305 e. The van der Waals surface area contributed by atoms with Gasteiger partial charge in [-0.15, -0.1) is 0 Å². The fraction of sp³-hybridized carbons (Fsp3) is 0.941. The van der Waals surface area contributed by atoms with Crippen molar-refractivity contribution in [2.75, 3.05) is 0 Å². The molecule has 1 saturated heterocycles. The Bertz CT molecular complexity index is 448. The Hall–Kier alpha value is -0.610. The van der Waals surface area contributed by atoms with Crippen molar-refractivity contribution in [3.63, 3.8) is 0 Å². The fourth-order valence-corrected chi connectivity index (χ4v) is 4.84. The molecule has 21 heavy (non-hydrogen) atoms. The topological polar surface area (TPSA) is 44.8 Å². The number of ether oxygens (including phenoxy) is 3. The zero-order valence-corrected chi connectivity index (χ0v) is 14.1.